The number of nitrogens with one attached hydrogen (secondary N) is 2. The summed E-state index contributed by atoms with van der Waals surface area (Å²) < 4.78 is 4.63. The maximum absolute atomic E-state index is 11.9. The van der Waals surface area contributed by atoms with Crippen molar-refractivity contribution in [2.24, 2.45) is 5.92 Å². The SMILES string of the molecule is COC(=O)c1ccc(NC(=O)CCC2CCNCC2)cc1.Cl. The predicted molar refractivity (Wildman–Crippen MR) is 88.5 cm³/mol. The van der Waals surface area contributed by atoms with Crippen LogP contribution in [0.25, 0.3) is 0 Å². The van der Waals surface area contributed by atoms with E-state index in [0.717, 1.165) is 32.4 Å². The van der Waals surface area contributed by atoms with Gasteiger partial charge >= 0.3 is 5.97 Å². The lowest BCUT2D eigenvalue weighted by atomic mass is 9.93. The van der Waals surface area contributed by atoms with Crippen molar-refractivity contribution in [1.29, 1.82) is 0 Å². The fraction of sp³-hybridized carbons (Fsp3) is 0.500. The van der Waals surface area contributed by atoms with E-state index in [0.29, 0.717) is 23.6 Å². The summed E-state index contributed by atoms with van der Waals surface area (Å²) in [5, 5.41) is 6.18. The molecule has 0 bridgehead atoms. The highest BCUT2D eigenvalue weighted by atomic mass is 35.5. The summed E-state index contributed by atoms with van der Waals surface area (Å²) in [6, 6.07) is 6.73. The van der Waals surface area contributed by atoms with E-state index in [1.165, 1.54) is 7.11 Å². The van der Waals surface area contributed by atoms with Gasteiger partial charge in [-0.25, -0.2) is 4.79 Å². The number of anilines is 1. The van der Waals surface area contributed by atoms with Gasteiger partial charge in [0.2, 0.25) is 5.91 Å². The van der Waals surface area contributed by atoms with Crippen LogP contribution in [-0.2, 0) is 9.53 Å². The van der Waals surface area contributed by atoms with Gasteiger partial charge in [0.15, 0.2) is 0 Å². The van der Waals surface area contributed by atoms with Crippen LogP contribution in [0.2, 0.25) is 0 Å². The average Bonchev–Trinajstić information content (AvgIpc) is 2.54. The van der Waals surface area contributed by atoms with Crippen molar-refractivity contribution in [3.63, 3.8) is 0 Å². The normalized spacial score (nSPS) is 14.8. The zero-order valence-corrected chi connectivity index (χ0v) is 13.6. The number of rotatable bonds is 5. The van der Waals surface area contributed by atoms with Crippen LogP contribution >= 0.6 is 12.4 Å². The van der Waals surface area contributed by atoms with Crippen molar-refractivity contribution < 1.29 is 14.3 Å². The van der Waals surface area contributed by atoms with Crippen LogP contribution < -0.4 is 10.6 Å². The Morgan fingerprint density at radius 3 is 2.45 bits per heavy atom. The minimum Gasteiger partial charge on any atom is -0.465 e. The predicted octanol–water partition coefficient (Wildman–Crippen LogP) is 2.61. The number of benzene rings is 1. The number of piperidine rings is 1. The molecule has 2 N–H and O–H groups in total. The Hall–Kier alpha value is -1.59. The minimum atomic E-state index is -0.376. The van der Waals surface area contributed by atoms with Gasteiger partial charge in [0.1, 0.15) is 0 Å². The topological polar surface area (TPSA) is 67.4 Å². The molecule has 1 aliphatic heterocycles. The van der Waals surface area contributed by atoms with Crippen molar-refractivity contribution >= 4 is 30.0 Å². The fourth-order valence-electron chi connectivity index (χ4n) is 2.54. The number of ether oxygens (including phenoxy) is 1. The quantitative estimate of drug-likeness (QED) is 0.816. The summed E-state index contributed by atoms with van der Waals surface area (Å²) in [7, 11) is 1.35. The van der Waals surface area contributed by atoms with Gasteiger partial charge < -0.3 is 15.4 Å². The molecule has 0 saturated carbocycles. The van der Waals surface area contributed by atoms with Gasteiger partial charge in [0.05, 0.1) is 12.7 Å². The molecule has 1 saturated heterocycles. The first kappa shape index (κ1) is 18.5. The second-order valence-corrected chi connectivity index (χ2v) is 5.35. The Kier molecular flexibility index (Phi) is 7.91. The molecule has 1 fully saturated rings. The molecule has 5 nitrogen and oxygen atoms in total. The summed E-state index contributed by atoms with van der Waals surface area (Å²) >= 11 is 0. The molecular weight excluding hydrogens is 304 g/mol. The van der Waals surface area contributed by atoms with Crippen LogP contribution in [0.5, 0.6) is 0 Å². The summed E-state index contributed by atoms with van der Waals surface area (Å²) in [4.78, 5) is 23.2. The smallest absolute Gasteiger partial charge is 0.337 e. The maximum atomic E-state index is 11.9. The number of esters is 1. The minimum absolute atomic E-state index is 0. The zero-order chi connectivity index (χ0) is 15.1. The van der Waals surface area contributed by atoms with Crippen LogP contribution in [0.15, 0.2) is 24.3 Å². The van der Waals surface area contributed by atoms with E-state index in [1.807, 2.05) is 0 Å². The first-order chi connectivity index (χ1) is 10.2. The Bertz CT molecular complexity index is 485. The summed E-state index contributed by atoms with van der Waals surface area (Å²) in [5.41, 5.74) is 1.18. The van der Waals surface area contributed by atoms with Gasteiger partial charge in [0, 0.05) is 12.1 Å². The van der Waals surface area contributed by atoms with Crippen molar-refractivity contribution in [2.45, 2.75) is 25.7 Å². The fourth-order valence-corrected chi connectivity index (χ4v) is 2.54. The first-order valence-electron chi connectivity index (χ1n) is 7.38. The third kappa shape index (κ3) is 5.66. The average molecular weight is 327 g/mol. The molecule has 1 amide bonds. The number of carbonyl (C=O) groups excluding carboxylic acids is 2. The van der Waals surface area contributed by atoms with Gasteiger partial charge in [-0.1, -0.05) is 0 Å². The lowest BCUT2D eigenvalue weighted by molar-refractivity contribution is -0.116. The van der Waals surface area contributed by atoms with E-state index in [4.69, 9.17) is 0 Å². The number of halogens is 1. The highest BCUT2D eigenvalue weighted by Gasteiger charge is 2.14. The molecule has 122 valence electrons. The number of methoxy groups -OCH3 is 1. The number of hydrogen-bond donors (Lipinski definition) is 2. The Morgan fingerprint density at radius 1 is 1.23 bits per heavy atom. The van der Waals surface area contributed by atoms with E-state index >= 15 is 0 Å². The molecule has 22 heavy (non-hydrogen) atoms. The highest BCUT2D eigenvalue weighted by molar-refractivity contribution is 5.93. The number of amides is 1. The highest BCUT2D eigenvalue weighted by Crippen LogP contribution is 2.18. The molecule has 2 rings (SSSR count). The molecule has 1 aliphatic rings. The molecule has 1 aromatic rings. The van der Waals surface area contributed by atoms with Gasteiger partial charge in [-0.2, -0.15) is 0 Å². The van der Waals surface area contributed by atoms with Crippen molar-refractivity contribution in [3.05, 3.63) is 29.8 Å². The monoisotopic (exact) mass is 326 g/mol. The van der Waals surface area contributed by atoms with E-state index in [-0.39, 0.29) is 24.3 Å². The Labute approximate surface area is 137 Å². The molecule has 0 atom stereocenters. The van der Waals surface area contributed by atoms with Crippen molar-refractivity contribution in [1.82, 2.24) is 5.32 Å². The van der Waals surface area contributed by atoms with Crippen LogP contribution in [0.3, 0.4) is 0 Å². The maximum Gasteiger partial charge on any atom is 0.337 e. The zero-order valence-electron chi connectivity index (χ0n) is 12.8. The van der Waals surface area contributed by atoms with Crippen LogP contribution in [-0.4, -0.2) is 32.1 Å². The third-order valence-corrected chi connectivity index (χ3v) is 3.83. The lowest BCUT2D eigenvalue weighted by Gasteiger charge is -2.22. The van der Waals surface area contributed by atoms with Crippen LogP contribution in [0.4, 0.5) is 5.69 Å². The molecule has 0 unspecified atom stereocenters. The van der Waals surface area contributed by atoms with Gasteiger partial charge in [-0.15, -0.1) is 12.4 Å². The first-order valence-corrected chi connectivity index (χ1v) is 7.38. The summed E-state index contributed by atoms with van der Waals surface area (Å²) in [6.45, 7) is 2.11. The molecule has 6 heteroatoms. The Morgan fingerprint density at radius 2 is 1.86 bits per heavy atom. The summed E-state index contributed by atoms with van der Waals surface area (Å²) in [6.07, 6.45) is 3.79. The molecule has 1 heterocycles. The molecule has 0 aromatic heterocycles. The van der Waals surface area contributed by atoms with E-state index in [9.17, 15) is 9.59 Å². The van der Waals surface area contributed by atoms with Crippen LogP contribution in [0, 0.1) is 5.92 Å². The largest absolute Gasteiger partial charge is 0.465 e. The van der Waals surface area contributed by atoms with E-state index in [1.54, 1.807) is 24.3 Å². The van der Waals surface area contributed by atoms with Gasteiger partial charge in [-0.3, -0.25) is 4.79 Å². The Balaban J connectivity index is 0.00000242. The lowest BCUT2D eigenvalue weighted by Crippen LogP contribution is -2.28. The van der Waals surface area contributed by atoms with Crippen molar-refractivity contribution in [2.75, 3.05) is 25.5 Å². The second-order valence-electron chi connectivity index (χ2n) is 5.35. The molecule has 0 spiro atoms. The molecule has 0 radical (unpaired) electrons. The van der Waals surface area contributed by atoms with E-state index < -0.39 is 0 Å². The van der Waals surface area contributed by atoms with Crippen molar-refractivity contribution in [3.8, 4) is 0 Å². The number of carbonyl (C=O) groups is 2. The molecule has 0 aliphatic carbocycles. The van der Waals surface area contributed by atoms with Crippen LogP contribution in [0.1, 0.15) is 36.0 Å². The second kappa shape index (κ2) is 9.43. The summed E-state index contributed by atoms with van der Waals surface area (Å²) in [5.74, 6) is 0.303. The molecule has 1 aromatic carbocycles. The third-order valence-electron chi connectivity index (χ3n) is 3.83. The van der Waals surface area contributed by atoms with Gasteiger partial charge in [0.25, 0.3) is 0 Å². The number of hydrogen-bond acceptors (Lipinski definition) is 4. The van der Waals surface area contributed by atoms with E-state index in [2.05, 4.69) is 15.4 Å². The molecular formula is C16H23ClN2O3. The van der Waals surface area contributed by atoms with Gasteiger partial charge in [-0.05, 0) is 62.5 Å². The standard InChI is InChI=1S/C16H22N2O3.ClH/c1-21-16(20)13-3-5-14(6-4-13)18-15(19)7-2-12-8-10-17-11-9-12;/h3-6,12,17H,2,7-11H2,1H3,(H,18,19);1H.